The summed E-state index contributed by atoms with van der Waals surface area (Å²) in [6, 6.07) is 3.06. The zero-order valence-electron chi connectivity index (χ0n) is 8.42. The van der Waals surface area contributed by atoms with Gasteiger partial charge >= 0.3 is 0 Å². The molecular formula is C11H12FNO2. The number of methoxy groups -OCH3 is 1. The van der Waals surface area contributed by atoms with Crippen molar-refractivity contribution in [3.8, 4) is 5.75 Å². The fourth-order valence-electron chi connectivity index (χ4n) is 1.72. The van der Waals surface area contributed by atoms with Crippen LogP contribution in [0, 0.1) is 5.82 Å². The molecule has 80 valence electrons. The summed E-state index contributed by atoms with van der Waals surface area (Å²) in [4.78, 5) is 0. The predicted molar refractivity (Wildman–Crippen MR) is 55.5 cm³/mol. The molecule has 0 amide bonds. The van der Waals surface area contributed by atoms with Crippen LogP contribution in [0.25, 0.3) is 11.0 Å². The molecule has 0 aliphatic heterocycles. The summed E-state index contributed by atoms with van der Waals surface area (Å²) in [7, 11) is 1.51. The second kappa shape index (κ2) is 3.90. The molecule has 0 aliphatic carbocycles. The standard InChI is InChI=1S/C11H12FNO2/c1-14-10-6-9(12)11-8(3-5-15-11)7(10)2-4-13/h3,5-6H,2,4,13H2,1H3. The van der Waals surface area contributed by atoms with Gasteiger partial charge in [0.25, 0.3) is 0 Å². The number of ether oxygens (including phenoxy) is 1. The summed E-state index contributed by atoms with van der Waals surface area (Å²) in [5.74, 6) is 0.111. The largest absolute Gasteiger partial charge is 0.496 e. The molecule has 2 aromatic rings. The summed E-state index contributed by atoms with van der Waals surface area (Å²) in [5, 5.41) is 0.734. The van der Waals surface area contributed by atoms with Crippen molar-refractivity contribution in [1.29, 1.82) is 0 Å². The molecule has 0 unspecified atom stereocenters. The number of furan rings is 1. The average molecular weight is 209 g/mol. The van der Waals surface area contributed by atoms with Crippen molar-refractivity contribution in [2.75, 3.05) is 13.7 Å². The first-order valence-electron chi connectivity index (χ1n) is 4.70. The number of hydrogen-bond donors (Lipinski definition) is 1. The predicted octanol–water partition coefficient (Wildman–Crippen LogP) is 2.08. The highest BCUT2D eigenvalue weighted by Gasteiger charge is 2.14. The fraction of sp³-hybridized carbons (Fsp3) is 0.273. The van der Waals surface area contributed by atoms with E-state index in [0.717, 1.165) is 10.9 Å². The minimum absolute atomic E-state index is 0.263. The van der Waals surface area contributed by atoms with Crippen LogP contribution in [0.4, 0.5) is 4.39 Å². The number of benzene rings is 1. The normalized spacial score (nSPS) is 10.9. The lowest BCUT2D eigenvalue weighted by molar-refractivity contribution is 0.406. The molecule has 1 aromatic carbocycles. The van der Waals surface area contributed by atoms with Crippen LogP contribution in [-0.2, 0) is 6.42 Å². The van der Waals surface area contributed by atoms with Crippen molar-refractivity contribution in [2.45, 2.75) is 6.42 Å². The van der Waals surface area contributed by atoms with Crippen LogP contribution in [0.5, 0.6) is 5.75 Å². The summed E-state index contributed by atoms with van der Waals surface area (Å²) < 4.78 is 23.7. The highest BCUT2D eigenvalue weighted by atomic mass is 19.1. The molecule has 0 saturated heterocycles. The molecule has 0 fully saturated rings. The van der Waals surface area contributed by atoms with Crippen LogP contribution in [-0.4, -0.2) is 13.7 Å². The minimum Gasteiger partial charge on any atom is -0.496 e. The van der Waals surface area contributed by atoms with Crippen molar-refractivity contribution in [3.63, 3.8) is 0 Å². The zero-order valence-corrected chi connectivity index (χ0v) is 8.42. The van der Waals surface area contributed by atoms with E-state index in [1.807, 2.05) is 0 Å². The Labute approximate surface area is 86.6 Å². The second-order valence-corrected chi connectivity index (χ2v) is 3.24. The van der Waals surface area contributed by atoms with E-state index in [-0.39, 0.29) is 5.58 Å². The number of rotatable bonds is 3. The van der Waals surface area contributed by atoms with Gasteiger partial charge in [-0.2, -0.15) is 0 Å². The van der Waals surface area contributed by atoms with Crippen LogP contribution in [0.15, 0.2) is 22.8 Å². The molecular weight excluding hydrogens is 197 g/mol. The molecule has 2 N–H and O–H groups in total. The van der Waals surface area contributed by atoms with E-state index in [2.05, 4.69) is 0 Å². The van der Waals surface area contributed by atoms with E-state index in [1.54, 1.807) is 6.07 Å². The van der Waals surface area contributed by atoms with Crippen molar-refractivity contribution < 1.29 is 13.5 Å². The minimum atomic E-state index is -0.410. The lowest BCUT2D eigenvalue weighted by Crippen LogP contribution is -2.05. The molecule has 1 heterocycles. The van der Waals surface area contributed by atoms with Crippen molar-refractivity contribution in [3.05, 3.63) is 29.8 Å². The summed E-state index contributed by atoms with van der Waals surface area (Å²) in [6.07, 6.45) is 2.10. The fourth-order valence-corrected chi connectivity index (χ4v) is 1.72. The smallest absolute Gasteiger partial charge is 0.170 e. The van der Waals surface area contributed by atoms with Crippen LogP contribution < -0.4 is 10.5 Å². The monoisotopic (exact) mass is 209 g/mol. The Morgan fingerprint density at radius 1 is 1.53 bits per heavy atom. The Kier molecular flexibility index (Phi) is 2.60. The van der Waals surface area contributed by atoms with Gasteiger partial charge in [0.05, 0.1) is 13.4 Å². The topological polar surface area (TPSA) is 48.4 Å². The van der Waals surface area contributed by atoms with Gasteiger partial charge in [0.2, 0.25) is 0 Å². The van der Waals surface area contributed by atoms with E-state index in [1.165, 1.54) is 19.4 Å². The Hall–Kier alpha value is -1.55. The number of halogens is 1. The summed E-state index contributed by atoms with van der Waals surface area (Å²) >= 11 is 0. The molecule has 0 aliphatic rings. The average Bonchev–Trinajstić information content (AvgIpc) is 2.71. The summed E-state index contributed by atoms with van der Waals surface area (Å²) in [5.41, 5.74) is 6.66. The maximum absolute atomic E-state index is 13.5. The lowest BCUT2D eigenvalue weighted by Gasteiger charge is -2.08. The van der Waals surface area contributed by atoms with Crippen molar-refractivity contribution >= 4 is 11.0 Å². The maximum Gasteiger partial charge on any atom is 0.170 e. The van der Waals surface area contributed by atoms with E-state index in [9.17, 15) is 4.39 Å². The maximum atomic E-state index is 13.5. The Morgan fingerprint density at radius 2 is 2.33 bits per heavy atom. The highest BCUT2D eigenvalue weighted by Crippen LogP contribution is 2.31. The number of fused-ring (bicyclic) bond motifs is 1. The number of nitrogens with two attached hydrogens (primary N) is 1. The van der Waals surface area contributed by atoms with Crippen LogP contribution in [0.3, 0.4) is 0 Å². The molecule has 0 saturated carbocycles. The first-order valence-corrected chi connectivity index (χ1v) is 4.70. The van der Waals surface area contributed by atoms with Gasteiger partial charge < -0.3 is 14.9 Å². The van der Waals surface area contributed by atoms with E-state index >= 15 is 0 Å². The van der Waals surface area contributed by atoms with Gasteiger partial charge in [0.1, 0.15) is 5.75 Å². The Morgan fingerprint density at radius 3 is 3.00 bits per heavy atom. The van der Waals surface area contributed by atoms with E-state index in [0.29, 0.717) is 18.7 Å². The second-order valence-electron chi connectivity index (χ2n) is 3.24. The molecule has 15 heavy (non-hydrogen) atoms. The number of hydrogen-bond acceptors (Lipinski definition) is 3. The first kappa shape index (κ1) is 9.98. The van der Waals surface area contributed by atoms with Gasteiger partial charge in [0, 0.05) is 17.0 Å². The molecule has 1 aromatic heterocycles. The van der Waals surface area contributed by atoms with Crippen molar-refractivity contribution in [1.82, 2.24) is 0 Å². The third-order valence-electron chi connectivity index (χ3n) is 2.38. The van der Waals surface area contributed by atoms with Gasteiger partial charge in [-0.25, -0.2) is 4.39 Å². The Balaban J connectivity index is 2.71. The van der Waals surface area contributed by atoms with Gasteiger partial charge in [-0.15, -0.1) is 0 Å². The van der Waals surface area contributed by atoms with Crippen LogP contribution in [0.2, 0.25) is 0 Å². The molecule has 2 rings (SSSR count). The van der Waals surface area contributed by atoms with Gasteiger partial charge in [0.15, 0.2) is 11.4 Å². The third-order valence-corrected chi connectivity index (χ3v) is 2.38. The van der Waals surface area contributed by atoms with Gasteiger partial charge in [-0.05, 0) is 19.0 Å². The molecule has 0 bridgehead atoms. The third kappa shape index (κ3) is 1.57. The van der Waals surface area contributed by atoms with Crippen molar-refractivity contribution in [2.24, 2.45) is 5.73 Å². The zero-order chi connectivity index (χ0) is 10.8. The SMILES string of the molecule is COc1cc(F)c2occc2c1CCN. The highest BCUT2D eigenvalue weighted by molar-refractivity contribution is 5.84. The first-order chi connectivity index (χ1) is 7.27. The quantitative estimate of drug-likeness (QED) is 0.841. The molecule has 3 nitrogen and oxygen atoms in total. The van der Waals surface area contributed by atoms with Crippen LogP contribution >= 0.6 is 0 Å². The summed E-state index contributed by atoms with van der Waals surface area (Å²) in [6.45, 7) is 0.488. The van der Waals surface area contributed by atoms with Gasteiger partial charge in [-0.3, -0.25) is 0 Å². The van der Waals surface area contributed by atoms with Crippen LogP contribution in [0.1, 0.15) is 5.56 Å². The lowest BCUT2D eigenvalue weighted by atomic mass is 10.1. The molecule has 0 radical (unpaired) electrons. The molecule has 4 heteroatoms. The van der Waals surface area contributed by atoms with E-state index < -0.39 is 5.82 Å². The van der Waals surface area contributed by atoms with E-state index in [4.69, 9.17) is 14.9 Å². The van der Waals surface area contributed by atoms with Gasteiger partial charge in [-0.1, -0.05) is 0 Å². The Bertz CT molecular complexity index is 479. The molecule has 0 spiro atoms. The molecule has 0 atom stereocenters.